The van der Waals surface area contributed by atoms with Crippen LogP contribution in [0.4, 0.5) is 0 Å². The molecule has 0 bridgehead atoms. The van der Waals surface area contributed by atoms with Gasteiger partial charge in [-0.25, -0.2) is 0 Å². The molecule has 2 aromatic heterocycles. The predicted octanol–water partition coefficient (Wildman–Crippen LogP) is 9.10. The van der Waals surface area contributed by atoms with Crippen molar-refractivity contribution in [3.63, 3.8) is 0 Å². The van der Waals surface area contributed by atoms with Crippen LogP contribution in [-0.4, -0.2) is 9.67 Å². The Morgan fingerprint density at radius 1 is 0.725 bits per heavy atom. The normalized spacial score (nSPS) is 15.6. The monoisotopic (exact) mass is 517 g/mol. The molecule has 1 aliphatic rings. The third kappa shape index (κ3) is 3.55. The molecule has 0 fully saturated rings. The van der Waals surface area contributed by atoms with E-state index in [1.807, 2.05) is 30.3 Å². The molecule has 192 valence electrons. The largest absolute Gasteiger partial charge is 0.464 e. The second-order valence-electron chi connectivity index (χ2n) is 10.6. The fourth-order valence-electron chi connectivity index (χ4n) is 6.46. The van der Waals surface area contributed by atoms with Crippen LogP contribution in [0.2, 0.25) is 0 Å². The van der Waals surface area contributed by atoms with Crippen LogP contribution in [0.3, 0.4) is 0 Å². The standard InChI is InChI=1S/C37H27NO2/c39-37(25-12-5-2-6-13-25)33-23-40-36-19-18-27(21-32(33)36)38-34-17-8-7-15-29(34)31-20-26-14-9-16-28(30(26)22-35(31)38)24-10-3-1-4-11-24/h1-20,22-23,27,37,39H,21H2. The Balaban J connectivity index is 1.31. The lowest BCUT2D eigenvalue weighted by molar-refractivity contribution is 0.218. The van der Waals surface area contributed by atoms with Crippen molar-refractivity contribution in [3.8, 4) is 11.1 Å². The fourth-order valence-corrected chi connectivity index (χ4v) is 6.46. The molecule has 2 unspecified atom stereocenters. The number of aliphatic hydroxyl groups excluding tert-OH is 1. The van der Waals surface area contributed by atoms with Gasteiger partial charge in [0.1, 0.15) is 11.9 Å². The molecule has 7 aromatic rings. The number of aromatic nitrogens is 1. The average molecular weight is 518 g/mol. The van der Waals surface area contributed by atoms with Gasteiger partial charge < -0.3 is 14.1 Å². The Morgan fingerprint density at radius 2 is 1.50 bits per heavy atom. The van der Waals surface area contributed by atoms with E-state index >= 15 is 0 Å². The van der Waals surface area contributed by atoms with Crippen LogP contribution < -0.4 is 0 Å². The molecular formula is C37H27NO2. The van der Waals surface area contributed by atoms with E-state index < -0.39 is 6.10 Å². The molecule has 1 N–H and O–H groups in total. The second kappa shape index (κ2) is 9.11. The molecule has 0 aliphatic heterocycles. The van der Waals surface area contributed by atoms with Crippen molar-refractivity contribution >= 4 is 38.7 Å². The van der Waals surface area contributed by atoms with Crippen molar-refractivity contribution < 1.29 is 9.52 Å². The van der Waals surface area contributed by atoms with Crippen LogP contribution in [0.25, 0.3) is 49.8 Å². The van der Waals surface area contributed by atoms with E-state index in [0.29, 0.717) is 0 Å². The summed E-state index contributed by atoms with van der Waals surface area (Å²) in [6.07, 6.45) is 6.05. The Kier molecular flexibility index (Phi) is 5.26. The number of hydrogen-bond acceptors (Lipinski definition) is 2. The second-order valence-corrected chi connectivity index (χ2v) is 10.6. The average Bonchev–Trinajstić information content (AvgIpc) is 3.58. The maximum absolute atomic E-state index is 11.3. The molecule has 0 spiro atoms. The van der Waals surface area contributed by atoms with Gasteiger partial charge >= 0.3 is 0 Å². The van der Waals surface area contributed by atoms with Crippen molar-refractivity contribution in [2.45, 2.75) is 18.6 Å². The Hall–Kier alpha value is -4.86. The molecule has 40 heavy (non-hydrogen) atoms. The van der Waals surface area contributed by atoms with Gasteiger partial charge in [0.2, 0.25) is 0 Å². The van der Waals surface area contributed by atoms with Gasteiger partial charge in [-0.05, 0) is 51.7 Å². The highest BCUT2D eigenvalue weighted by Crippen LogP contribution is 2.41. The van der Waals surface area contributed by atoms with Crippen molar-refractivity contribution in [1.82, 2.24) is 4.57 Å². The summed E-state index contributed by atoms with van der Waals surface area (Å²) in [5, 5.41) is 16.2. The van der Waals surface area contributed by atoms with Crippen LogP contribution in [0.15, 0.2) is 132 Å². The Morgan fingerprint density at radius 3 is 2.35 bits per heavy atom. The highest BCUT2D eigenvalue weighted by atomic mass is 16.3. The van der Waals surface area contributed by atoms with E-state index in [2.05, 4.69) is 102 Å². The molecule has 1 aliphatic carbocycles. The summed E-state index contributed by atoms with van der Waals surface area (Å²) in [6, 6.07) is 40.5. The quantitative estimate of drug-likeness (QED) is 0.253. The summed E-state index contributed by atoms with van der Waals surface area (Å²) in [7, 11) is 0. The molecule has 3 nitrogen and oxygen atoms in total. The van der Waals surface area contributed by atoms with E-state index in [0.717, 1.165) is 28.9 Å². The molecule has 2 heterocycles. The molecular weight excluding hydrogens is 490 g/mol. The van der Waals surface area contributed by atoms with Gasteiger partial charge in [-0.2, -0.15) is 0 Å². The first kappa shape index (κ1) is 23.1. The van der Waals surface area contributed by atoms with E-state index in [-0.39, 0.29) is 6.04 Å². The molecule has 0 saturated heterocycles. The summed E-state index contributed by atoms with van der Waals surface area (Å²) in [5.41, 5.74) is 7.66. The van der Waals surface area contributed by atoms with Gasteiger partial charge in [0.05, 0.1) is 17.8 Å². The summed E-state index contributed by atoms with van der Waals surface area (Å²) in [4.78, 5) is 0. The van der Waals surface area contributed by atoms with Gasteiger partial charge in [-0.1, -0.05) is 103 Å². The predicted molar refractivity (Wildman–Crippen MR) is 163 cm³/mol. The van der Waals surface area contributed by atoms with E-state index in [1.165, 1.54) is 43.7 Å². The molecule has 0 amide bonds. The van der Waals surface area contributed by atoms with E-state index in [1.54, 1.807) is 6.26 Å². The van der Waals surface area contributed by atoms with Gasteiger partial charge in [-0.15, -0.1) is 0 Å². The first-order valence-electron chi connectivity index (χ1n) is 13.8. The first-order chi connectivity index (χ1) is 19.8. The van der Waals surface area contributed by atoms with E-state index in [4.69, 9.17) is 4.42 Å². The summed E-state index contributed by atoms with van der Waals surface area (Å²) in [6.45, 7) is 0. The fraction of sp³-hybridized carbons (Fsp3) is 0.0811. The SMILES string of the molecule is OC(c1ccccc1)c1coc2c1CC(n1c3ccccc3c3cc4cccc(-c5ccccc5)c4cc31)C=C2. The van der Waals surface area contributed by atoms with Crippen LogP contribution in [0.1, 0.15) is 34.6 Å². The smallest absolute Gasteiger partial charge is 0.130 e. The number of hydrogen-bond donors (Lipinski definition) is 1. The zero-order valence-electron chi connectivity index (χ0n) is 21.9. The van der Waals surface area contributed by atoms with Crippen LogP contribution in [0, 0.1) is 0 Å². The van der Waals surface area contributed by atoms with Crippen molar-refractivity contribution in [2.75, 3.05) is 0 Å². The first-order valence-corrected chi connectivity index (χ1v) is 13.8. The Labute approximate surface area is 232 Å². The number of benzene rings is 5. The van der Waals surface area contributed by atoms with Crippen LogP contribution in [-0.2, 0) is 6.42 Å². The molecule has 5 aromatic carbocycles. The third-order valence-corrected chi connectivity index (χ3v) is 8.38. The highest BCUT2D eigenvalue weighted by Gasteiger charge is 2.27. The maximum Gasteiger partial charge on any atom is 0.130 e. The molecule has 0 saturated carbocycles. The zero-order chi connectivity index (χ0) is 26.6. The molecule has 8 rings (SSSR count). The lowest BCUT2D eigenvalue weighted by atomic mass is 9.92. The molecule has 3 heteroatoms. The summed E-state index contributed by atoms with van der Waals surface area (Å²) >= 11 is 0. The lowest BCUT2D eigenvalue weighted by Crippen LogP contribution is -2.14. The Bertz CT molecular complexity index is 2050. The number of nitrogens with zero attached hydrogens (tertiary/aromatic N) is 1. The van der Waals surface area contributed by atoms with Crippen molar-refractivity contribution in [3.05, 3.63) is 150 Å². The van der Waals surface area contributed by atoms with E-state index in [9.17, 15) is 5.11 Å². The van der Waals surface area contributed by atoms with Crippen molar-refractivity contribution in [1.29, 1.82) is 0 Å². The highest BCUT2D eigenvalue weighted by molar-refractivity contribution is 6.14. The maximum atomic E-state index is 11.3. The van der Waals surface area contributed by atoms with Crippen molar-refractivity contribution in [2.24, 2.45) is 0 Å². The van der Waals surface area contributed by atoms with Gasteiger partial charge in [0.15, 0.2) is 0 Å². The number of furan rings is 1. The van der Waals surface area contributed by atoms with Gasteiger partial charge in [0, 0.05) is 33.8 Å². The minimum Gasteiger partial charge on any atom is -0.464 e. The lowest BCUT2D eigenvalue weighted by Gasteiger charge is -2.23. The van der Waals surface area contributed by atoms with Gasteiger partial charge in [0.25, 0.3) is 0 Å². The summed E-state index contributed by atoms with van der Waals surface area (Å²) in [5.74, 6) is 0.832. The minimum absolute atomic E-state index is 0.0792. The molecule has 0 radical (unpaired) electrons. The number of rotatable bonds is 4. The molecule has 2 atom stereocenters. The zero-order valence-corrected chi connectivity index (χ0v) is 21.9. The van der Waals surface area contributed by atoms with Crippen LogP contribution >= 0.6 is 0 Å². The van der Waals surface area contributed by atoms with Gasteiger partial charge in [-0.3, -0.25) is 0 Å². The van der Waals surface area contributed by atoms with Crippen LogP contribution in [0.5, 0.6) is 0 Å². The number of allylic oxidation sites excluding steroid dienone is 1. The topological polar surface area (TPSA) is 38.3 Å². The number of aliphatic hydroxyl groups is 1. The number of para-hydroxylation sites is 1. The third-order valence-electron chi connectivity index (χ3n) is 8.38. The number of fused-ring (bicyclic) bond motifs is 5. The summed E-state index contributed by atoms with van der Waals surface area (Å²) < 4.78 is 8.41. The minimum atomic E-state index is -0.726.